The lowest BCUT2D eigenvalue weighted by Crippen LogP contribution is -2.53. The van der Waals surface area contributed by atoms with Crippen LogP contribution < -0.4 is 10.6 Å². The number of anilines is 1. The second-order valence-electron chi connectivity index (χ2n) is 9.17. The van der Waals surface area contributed by atoms with Crippen molar-refractivity contribution in [2.24, 2.45) is 5.92 Å². The van der Waals surface area contributed by atoms with Gasteiger partial charge in [0.15, 0.2) is 0 Å². The summed E-state index contributed by atoms with van der Waals surface area (Å²) < 4.78 is 0. The molecule has 2 aromatic rings. The molecular weight excluding hydrogens is 428 g/mol. The highest BCUT2D eigenvalue weighted by molar-refractivity contribution is 5.93. The van der Waals surface area contributed by atoms with Gasteiger partial charge >= 0.3 is 0 Å². The van der Waals surface area contributed by atoms with E-state index < -0.39 is 6.04 Å². The minimum atomic E-state index is -0.701. The maximum absolute atomic E-state index is 13.4. The molecule has 7 heteroatoms. The van der Waals surface area contributed by atoms with E-state index in [1.807, 2.05) is 68.4 Å². The fourth-order valence-electron chi connectivity index (χ4n) is 4.18. The third-order valence-corrected chi connectivity index (χ3v) is 6.00. The number of aryl methyl sites for hydroxylation is 1. The van der Waals surface area contributed by atoms with Gasteiger partial charge in [0.1, 0.15) is 6.04 Å². The Labute approximate surface area is 202 Å². The van der Waals surface area contributed by atoms with Crippen LogP contribution in [0.1, 0.15) is 44.4 Å². The van der Waals surface area contributed by atoms with Gasteiger partial charge in [0.05, 0.1) is 6.54 Å². The fraction of sp³-hybridized carbons (Fsp3) is 0.444. The van der Waals surface area contributed by atoms with Crippen LogP contribution in [-0.4, -0.2) is 60.2 Å². The van der Waals surface area contributed by atoms with Crippen LogP contribution in [0.2, 0.25) is 0 Å². The van der Waals surface area contributed by atoms with Crippen LogP contribution in [0.25, 0.3) is 0 Å². The summed E-state index contributed by atoms with van der Waals surface area (Å²) in [5.74, 6) is -0.0709. The summed E-state index contributed by atoms with van der Waals surface area (Å²) in [6.07, 6.45) is 1.23. The van der Waals surface area contributed by atoms with Crippen LogP contribution in [0.15, 0.2) is 54.6 Å². The predicted octanol–water partition coefficient (Wildman–Crippen LogP) is 3.24. The highest BCUT2D eigenvalue weighted by Gasteiger charge is 2.30. The van der Waals surface area contributed by atoms with Gasteiger partial charge < -0.3 is 15.5 Å². The number of carbonyl (C=O) groups is 3. The summed E-state index contributed by atoms with van der Waals surface area (Å²) in [7, 11) is 0. The Morgan fingerprint density at radius 1 is 0.882 bits per heavy atom. The van der Waals surface area contributed by atoms with Gasteiger partial charge in [0.2, 0.25) is 17.7 Å². The van der Waals surface area contributed by atoms with Crippen LogP contribution in [0, 0.1) is 5.92 Å². The Morgan fingerprint density at radius 2 is 1.53 bits per heavy atom. The highest BCUT2D eigenvalue weighted by atomic mass is 16.2. The fourth-order valence-corrected chi connectivity index (χ4v) is 4.18. The molecule has 3 rings (SSSR count). The average Bonchev–Trinajstić information content (AvgIpc) is 2.83. The molecule has 0 saturated carbocycles. The molecule has 1 saturated heterocycles. The van der Waals surface area contributed by atoms with Gasteiger partial charge in [0, 0.05) is 38.3 Å². The van der Waals surface area contributed by atoms with E-state index in [0.29, 0.717) is 32.6 Å². The minimum absolute atomic E-state index is 0.0520. The molecule has 7 nitrogen and oxygen atoms in total. The largest absolute Gasteiger partial charge is 0.341 e. The third-order valence-electron chi connectivity index (χ3n) is 6.00. The van der Waals surface area contributed by atoms with Gasteiger partial charge in [0.25, 0.3) is 0 Å². The average molecular weight is 465 g/mol. The van der Waals surface area contributed by atoms with Crippen LogP contribution in [-0.2, 0) is 20.8 Å². The van der Waals surface area contributed by atoms with Crippen molar-refractivity contribution in [3.63, 3.8) is 0 Å². The van der Waals surface area contributed by atoms with E-state index in [1.54, 1.807) is 4.90 Å². The van der Waals surface area contributed by atoms with E-state index >= 15 is 0 Å². The number of hydrogen-bond donors (Lipinski definition) is 2. The lowest BCUT2D eigenvalue weighted by Gasteiger charge is -2.36. The molecule has 0 bridgehead atoms. The summed E-state index contributed by atoms with van der Waals surface area (Å²) in [5, 5.41) is 5.95. The normalized spacial score (nSPS) is 15.1. The number of nitrogens with one attached hydrogen (secondary N) is 2. The molecule has 0 spiro atoms. The first-order chi connectivity index (χ1) is 16.4. The number of carbonyl (C=O) groups excluding carboxylic acids is 3. The Balaban J connectivity index is 1.57. The molecular formula is C27H36N4O3. The Bertz CT molecular complexity index is 969. The smallest absolute Gasteiger partial charge is 0.249 e. The summed E-state index contributed by atoms with van der Waals surface area (Å²) in [4.78, 5) is 42.3. The van der Waals surface area contributed by atoms with E-state index in [9.17, 15) is 14.4 Å². The zero-order valence-corrected chi connectivity index (χ0v) is 20.4. The number of rotatable bonds is 9. The zero-order chi connectivity index (χ0) is 24.5. The predicted molar refractivity (Wildman–Crippen MR) is 134 cm³/mol. The van der Waals surface area contributed by atoms with E-state index in [-0.39, 0.29) is 30.2 Å². The molecule has 182 valence electrons. The number of amides is 3. The molecule has 2 aromatic carbocycles. The van der Waals surface area contributed by atoms with Crippen molar-refractivity contribution in [3.8, 4) is 0 Å². The first kappa shape index (κ1) is 25.4. The van der Waals surface area contributed by atoms with Gasteiger partial charge in [-0.05, 0) is 29.5 Å². The van der Waals surface area contributed by atoms with Gasteiger partial charge in [-0.2, -0.15) is 0 Å². The molecule has 2 N–H and O–H groups in total. The topological polar surface area (TPSA) is 81.8 Å². The Hall–Kier alpha value is -3.19. The van der Waals surface area contributed by atoms with Gasteiger partial charge in [-0.1, -0.05) is 69.3 Å². The highest BCUT2D eigenvalue weighted by Crippen LogP contribution is 2.19. The first-order valence-electron chi connectivity index (χ1n) is 12.1. The molecule has 0 aromatic heterocycles. The lowest BCUT2D eigenvalue weighted by molar-refractivity contribution is -0.138. The summed E-state index contributed by atoms with van der Waals surface area (Å²) >= 11 is 0. The van der Waals surface area contributed by atoms with E-state index in [0.717, 1.165) is 23.2 Å². The van der Waals surface area contributed by atoms with Crippen molar-refractivity contribution in [3.05, 3.63) is 65.7 Å². The SMILES string of the molecule is CCc1ccccc1NC(=O)CN1CCN(C(=O)C(NC(=O)CC(C)C)c2ccccc2)CC1. The molecule has 1 atom stereocenters. The maximum atomic E-state index is 13.4. The second-order valence-corrected chi connectivity index (χ2v) is 9.17. The summed E-state index contributed by atoms with van der Waals surface area (Å²) in [6.45, 7) is 8.56. The van der Waals surface area contributed by atoms with Crippen molar-refractivity contribution in [1.29, 1.82) is 0 Å². The third kappa shape index (κ3) is 7.15. The minimum Gasteiger partial charge on any atom is -0.341 e. The number of para-hydroxylation sites is 1. The Morgan fingerprint density at radius 3 is 2.18 bits per heavy atom. The molecule has 1 unspecified atom stereocenters. The molecule has 0 radical (unpaired) electrons. The standard InChI is InChI=1S/C27H36N4O3/c1-4-21-10-8-9-13-23(21)28-25(33)19-30-14-16-31(17-15-30)27(34)26(22-11-6-5-7-12-22)29-24(32)18-20(2)3/h5-13,20,26H,4,14-19H2,1-3H3,(H,28,33)(H,29,32). The molecule has 3 amide bonds. The molecule has 1 aliphatic rings. The van der Waals surface area contributed by atoms with Crippen LogP contribution >= 0.6 is 0 Å². The molecule has 1 fully saturated rings. The van der Waals surface area contributed by atoms with Gasteiger partial charge in [-0.25, -0.2) is 0 Å². The maximum Gasteiger partial charge on any atom is 0.249 e. The van der Waals surface area contributed by atoms with E-state index in [4.69, 9.17) is 0 Å². The molecule has 1 aliphatic heterocycles. The van der Waals surface area contributed by atoms with E-state index in [1.165, 1.54) is 0 Å². The Kier molecular flexibility index (Phi) is 9.22. The zero-order valence-electron chi connectivity index (χ0n) is 20.4. The van der Waals surface area contributed by atoms with Crippen molar-refractivity contribution in [1.82, 2.24) is 15.1 Å². The van der Waals surface area contributed by atoms with Crippen LogP contribution in [0.5, 0.6) is 0 Å². The molecule has 1 heterocycles. The van der Waals surface area contributed by atoms with Crippen molar-refractivity contribution in [2.75, 3.05) is 38.0 Å². The number of hydrogen-bond acceptors (Lipinski definition) is 4. The molecule has 34 heavy (non-hydrogen) atoms. The van der Waals surface area contributed by atoms with Crippen LogP contribution in [0.3, 0.4) is 0 Å². The molecule has 0 aliphatic carbocycles. The van der Waals surface area contributed by atoms with Crippen LogP contribution in [0.4, 0.5) is 5.69 Å². The van der Waals surface area contributed by atoms with Crippen molar-refractivity contribution >= 4 is 23.4 Å². The van der Waals surface area contributed by atoms with Crippen molar-refractivity contribution < 1.29 is 14.4 Å². The summed E-state index contributed by atoms with van der Waals surface area (Å²) in [6, 6.07) is 16.5. The van der Waals surface area contributed by atoms with Gasteiger partial charge in [-0.15, -0.1) is 0 Å². The number of benzene rings is 2. The van der Waals surface area contributed by atoms with Gasteiger partial charge in [-0.3, -0.25) is 19.3 Å². The number of piperazine rings is 1. The van der Waals surface area contributed by atoms with Crippen molar-refractivity contribution in [2.45, 2.75) is 39.7 Å². The summed E-state index contributed by atoms with van der Waals surface area (Å²) in [5.41, 5.74) is 2.74. The monoisotopic (exact) mass is 464 g/mol. The quantitative estimate of drug-likeness (QED) is 0.597. The first-order valence-corrected chi connectivity index (χ1v) is 12.1. The lowest BCUT2D eigenvalue weighted by atomic mass is 10.0. The van der Waals surface area contributed by atoms with E-state index in [2.05, 4.69) is 22.5 Å². The second kappa shape index (κ2) is 12.3. The number of nitrogens with zero attached hydrogens (tertiary/aromatic N) is 2.